The Morgan fingerprint density at radius 3 is 2.39 bits per heavy atom. The van der Waals surface area contributed by atoms with Crippen LogP contribution < -0.4 is 0 Å². The molecule has 0 saturated heterocycles. The molecule has 1 aromatic carbocycles. The lowest BCUT2D eigenvalue weighted by atomic mass is 10.2. The molecule has 1 aromatic heterocycles. The lowest BCUT2D eigenvalue weighted by Crippen LogP contribution is -2.14. The van der Waals surface area contributed by atoms with Gasteiger partial charge in [0.1, 0.15) is 0 Å². The van der Waals surface area contributed by atoms with Crippen molar-refractivity contribution in [2.45, 2.75) is 4.90 Å². The van der Waals surface area contributed by atoms with Crippen molar-refractivity contribution in [3.63, 3.8) is 0 Å². The van der Waals surface area contributed by atoms with Crippen LogP contribution in [0.15, 0.2) is 47.5 Å². The maximum Gasteiger partial charge on any atom is 0.268 e. The van der Waals surface area contributed by atoms with Gasteiger partial charge in [-0.05, 0) is 36.4 Å². The number of aromatic nitrogens is 1. The molecular formula is C12H8N2O3S. The highest BCUT2D eigenvalue weighted by molar-refractivity contribution is 7.90. The van der Waals surface area contributed by atoms with Crippen molar-refractivity contribution in [2.75, 3.05) is 0 Å². The molecule has 0 aliphatic carbocycles. The number of nitrogens with zero attached hydrogens (tertiary/aromatic N) is 2. The zero-order valence-corrected chi connectivity index (χ0v) is 9.96. The second kappa shape index (κ2) is 4.47. The first kappa shape index (κ1) is 12.1. The fourth-order valence-corrected chi connectivity index (χ4v) is 2.82. The summed E-state index contributed by atoms with van der Waals surface area (Å²) >= 11 is 0. The van der Waals surface area contributed by atoms with Crippen LogP contribution in [0.2, 0.25) is 0 Å². The van der Waals surface area contributed by atoms with Crippen molar-refractivity contribution >= 4 is 16.3 Å². The molecule has 0 unspecified atom stereocenters. The van der Waals surface area contributed by atoms with E-state index in [2.05, 4.69) is 0 Å². The van der Waals surface area contributed by atoms with Gasteiger partial charge in [0.25, 0.3) is 10.0 Å². The SMILES string of the molecule is N#Cc1ccc(S(=O)(=O)n2cccc2C=O)cc1. The third-order valence-corrected chi connectivity index (χ3v) is 4.12. The molecule has 5 nitrogen and oxygen atoms in total. The minimum absolute atomic E-state index is 0.0285. The topological polar surface area (TPSA) is 79.9 Å². The highest BCUT2D eigenvalue weighted by Crippen LogP contribution is 2.16. The van der Waals surface area contributed by atoms with Crippen molar-refractivity contribution < 1.29 is 13.2 Å². The Bertz CT molecular complexity index is 721. The molecule has 6 heteroatoms. The summed E-state index contributed by atoms with van der Waals surface area (Å²) in [4.78, 5) is 10.8. The largest absolute Gasteiger partial charge is 0.296 e. The Morgan fingerprint density at radius 2 is 1.83 bits per heavy atom. The van der Waals surface area contributed by atoms with Gasteiger partial charge in [0.05, 0.1) is 22.2 Å². The second-order valence-corrected chi connectivity index (χ2v) is 5.30. The van der Waals surface area contributed by atoms with Crippen LogP contribution in [-0.2, 0) is 10.0 Å². The van der Waals surface area contributed by atoms with Crippen molar-refractivity contribution in [3.8, 4) is 6.07 Å². The van der Waals surface area contributed by atoms with Gasteiger partial charge in [-0.2, -0.15) is 5.26 Å². The van der Waals surface area contributed by atoms with E-state index in [4.69, 9.17) is 5.26 Å². The molecule has 0 N–H and O–H groups in total. The Labute approximate surface area is 104 Å². The lowest BCUT2D eigenvalue weighted by Gasteiger charge is -2.07. The fraction of sp³-hybridized carbons (Fsp3) is 0. The summed E-state index contributed by atoms with van der Waals surface area (Å²) in [5.74, 6) is 0. The first-order chi connectivity index (χ1) is 8.59. The van der Waals surface area contributed by atoms with E-state index in [-0.39, 0.29) is 10.6 Å². The molecule has 0 saturated carbocycles. The summed E-state index contributed by atoms with van der Waals surface area (Å²) in [5, 5.41) is 8.65. The summed E-state index contributed by atoms with van der Waals surface area (Å²) in [6, 6.07) is 10.3. The summed E-state index contributed by atoms with van der Waals surface area (Å²) in [6.07, 6.45) is 1.78. The Kier molecular flexibility index (Phi) is 3.00. The summed E-state index contributed by atoms with van der Waals surface area (Å²) in [5.41, 5.74) is 0.427. The molecule has 0 aliphatic heterocycles. The molecule has 0 aliphatic rings. The van der Waals surface area contributed by atoms with Crippen LogP contribution in [0.3, 0.4) is 0 Å². The van der Waals surface area contributed by atoms with E-state index in [1.165, 1.54) is 42.6 Å². The van der Waals surface area contributed by atoms with Gasteiger partial charge < -0.3 is 0 Å². The highest BCUT2D eigenvalue weighted by Gasteiger charge is 2.18. The number of hydrogen-bond acceptors (Lipinski definition) is 4. The molecule has 0 spiro atoms. The zero-order chi connectivity index (χ0) is 13.2. The maximum atomic E-state index is 12.2. The third-order valence-electron chi connectivity index (χ3n) is 2.40. The number of nitriles is 1. The summed E-state index contributed by atoms with van der Waals surface area (Å²) < 4.78 is 25.3. The molecule has 0 amide bonds. The number of aldehydes is 1. The smallest absolute Gasteiger partial charge is 0.268 e. The van der Waals surface area contributed by atoms with Crippen LogP contribution >= 0.6 is 0 Å². The molecule has 2 rings (SSSR count). The molecular weight excluding hydrogens is 252 g/mol. The van der Waals surface area contributed by atoms with E-state index in [0.29, 0.717) is 11.8 Å². The van der Waals surface area contributed by atoms with E-state index in [1.807, 2.05) is 6.07 Å². The number of benzene rings is 1. The van der Waals surface area contributed by atoms with Gasteiger partial charge in [-0.1, -0.05) is 0 Å². The lowest BCUT2D eigenvalue weighted by molar-refractivity contribution is 0.111. The minimum atomic E-state index is -3.79. The molecule has 0 fully saturated rings. The maximum absolute atomic E-state index is 12.2. The average molecular weight is 260 g/mol. The number of carbonyl (C=O) groups excluding carboxylic acids is 1. The Balaban J connectivity index is 2.55. The van der Waals surface area contributed by atoms with Gasteiger partial charge in [-0.3, -0.25) is 4.79 Å². The monoisotopic (exact) mass is 260 g/mol. The van der Waals surface area contributed by atoms with E-state index >= 15 is 0 Å². The standard InChI is InChI=1S/C12H8N2O3S/c13-8-10-3-5-12(6-4-10)18(16,17)14-7-1-2-11(14)9-15/h1-7,9H. The van der Waals surface area contributed by atoms with Crippen molar-refractivity contribution in [1.29, 1.82) is 5.26 Å². The molecule has 0 atom stereocenters. The van der Waals surface area contributed by atoms with Crippen molar-refractivity contribution in [3.05, 3.63) is 53.9 Å². The third kappa shape index (κ3) is 1.92. The van der Waals surface area contributed by atoms with Gasteiger partial charge in [0.15, 0.2) is 6.29 Å². The van der Waals surface area contributed by atoms with E-state index < -0.39 is 10.0 Å². The number of hydrogen-bond donors (Lipinski definition) is 0. The zero-order valence-electron chi connectivity index (χ0n) is 9.15. The first-order valence-corrected chi connectivity index (χ1v) is 6.42. The van der Waals surface area contributed by atoms with Crippen LogP contribution in [0.4, 0.5) is 0 Å². The Morgan fingerprint density at radius 1 is 1.17 bits per heavy atom. The normalized spacial score (nSPS) is 10.8. The molecule has 0 radical (unpaired) electrons. The average Bonchev–Trinajstić information content (AvgIpc) is 2.88. The summed E-state index contributed by atoms with van der Waals surface area (Å²) in [6.45, 7) is 0. The van der Waals surface area contributed by atoms with Gasteiger partial charge in [-0.15, -0.1) is 0 Å². The summed E-state index contributed by atoms with van der Waals surface area (Å²) in [7, 11) is -3.79. The van der Waals surface area contributed by atoms with Gasteiger partial charge in [0, 0.05) is 6.20 Å². The van der Waals surface area contributed by atoms with Crippen molar-refractivity contribution in [2.24, 2.45) is 0 Å². The quantitative estimate of drug-likeness (QED) is 0.781. The van der Waals surface area contributed by atoms with Gasteiger partial charge >= 0.3 is 0 Å². The molecule has 18 heavy (non-hydrogen) atoms. The van der Waals surface area contributed by atoms with Crippen LogP contribution in [0, 0.1) is 11.3 Å². The Hall–Kier alpha value is -2.39. The molecule has 1 heterocycles. The van der Waals surface area contributed by atoms with Gasteiger partial charge in [-0.25, -0.2) is 12.4 Å². The van der Waals surface area contributed by atoms with Crippen LogP contribution in [0.25, 0.3) is 0 Å². The van der Waals surface area contributed by atoms with Crippen LogP contribution in [-0.4, -0.2) is 18.7 Å². The van der Waals surface area contributed by atoms with Crippen LogP contribution in [0.1, 0.15) is 16.1 Å². The van der Waals surface area contributed by atoms with E-state index in [9.17, 15) is 13.2 Å². The fourth-order valence-electron chi connectivity index (χ4n) is 1.50. The first-order valence-electron chi connectivity index (χ1n) is 4.98. The van der Waals surface area contributed by atoms with E-state index in [0.717, 1.165) is 3.97 Å². The van der Waals surface area contributed by atoms with Gasteiger partial charge in [0.2, 0.25) is 0 Å². The predicted octanol–water partition coefficient (Wildman–Crippen LogP) is 1.41. The number of carbonyl (C=O) groups is 1. The number of rotatable bonds is 3. The second-order valence-electron chi connectivity index (χ2n) is 3.49. The van der Waals surface area contributed by atoms with E-state index in [1.54, 1.807) is 0 Å². The molecule has 2 aromatic rings. The van der Waals surface area contributed by atoms with Crippen LogP contribution in [0.5, 0.6) is 0 Å². The molecule has 90 valence electrons. The highest BCUT2D eigenvalue weighted by atomic mass is 32.2. The predicted molar refractivity (Wildman–Crippen MR) is 63.6 cm³/mol. The molecule has 0 bridgehead atoms. The minimum Gasteiger partial charge on any atom is -0.296 e. The van der Waals surface area contributed by atoms with Crippen molar-refractivity contribution in [1.82, 2.24) is 3.97 Å².